The Morgan fingerprint density at radius 3 is 2.67 bits per heavy atom. The van der Waals surface area contributed by atoms with Gasteiger partial charge in [-0.15, -0.1) is 11.3 Å². The van der Waals surface area contributed by atoms with Crippen LogP contribution in [0.25, 0.3) is 0 Å². The number of nitrogens with one attached hydrogen (secondary N) is 1. The van der Waals surface area contributed by atoms with Gasteiger partial charge in [-0.1, -0.05) is 0 Å². The lowest BCUT2D eigenvalue weighted by molar-refractivity contribution is 0.0125. The fraction of sp³-hybridized carbons (Fsp3) is 0.786. The summed E-state index contributed by atoms with van der Waals surface area (Å²) in [6.07, 6.45) is 5.44. The molecule has 3 nitrogen and oxygen atoms in total. The van der Waals surface area contributed by atoms with Gasteiger partial charge < -0.3 is 10.1 Å². The molecule has 2 heterocycles. The van der Waals surface area contributed by atoms with Crippen molar-refractivity contribution in [3.8, 4) is 0 Å². The maximum atomic E-state index is 5.54. The third-order valence-electron chi connectivity index (χ3n) is 3.58. The minimum atomic E-state index is 0.180. The highest BCUT2D eigenvalue weighted by molar-refractivity contribution is 7.09. The summed E-state index contributed by atoms with van der Waals surface area (Å²) in [6, 6.07) is 0. The molecular weight excluding hydrogens is 244 g/mol. The zero-order valence-corrected chi connectivity index (χ0v) is 12.5. The summed E-state index contributed by atoms with van der Waals surface area (Å²) in [5.74, 6) is 0. The summed E-state index contributed by atoms with van der Waals surface area (Å²) in [6.45, 7) is 9.54. The molecule has 0 spiro atoms. The van der Waals surface area contributed by atoms with Crippen molar-refractivity contribution < 1.29 is 4.74 Å². The molecule has 1 aromatic rings. The first-order chi connectivity index (χ1) is 8.49. The van der Waals surface area contributed by atoms with E-state index in [0.29, 0.717) is 5.41 Å². The van der Waals surface area contributed by atoms with Crippen molar-refractivity contribution >= 4 is 11.3 Å². The number of hydrogen-bond donors (Lipinski definition) is 1. The van der Waals surface area contributed by atoms with E-state index in [1.807, 2.05) is 11.7 Å². The van der Waals surface area contributed by atoms with Crippen LogP contribution in [-0.4, -0.2) is 30.3 Å². The van der Waals surface area contributed by atoms with Crippen LogP contribution in [0.3, 0.4) is 0 Å². The minimum Gasteiger partial charge on any atom is -0.381 e. The summed E-state index contributed by atoms with van der Waals surface area (Å²) in [5, 5.41) is 3.67. The monoisotopic (exact) mass is 268 g/mol. The van der Waals surface area contributed by atoms with Crippen LogP contribution in [0.15, 0.2) is 11.7 Å². The van der Waals surface area contributed by atoms with Gasteiger partial charge in [0, 0.05) is 36.4 Å². The topological polar surface area (TPSA) is 34.2 Å². The average molecular weight is 268 g/mol. The summed E-state index contributed by atoms with van der Waals surface area (Å²) in [5.41, 5.74) is 2.45. The van der Waals surface area contributed by atoms with Gasteiger partial charge in [0.25, 0.3) is 0 Å². The van der Waals surface area contributed by atoms with Crippen molar-refractivity contribution in [2.75, 3.05) is 19.8 Å². The summed E-state index contributed by atoms with van der Waals surface area (Å²) < 4.78 is 5.54. The molecule has 1 N–H and O–H groups in total. The number of rotatable bonds is 4. The first-order valence-corrected chi connectivity index (χ1v) is 7.57. The minimum absolute atomic E-state index is 0.180. The molecule has 1 saturated heterocycles. The maximum Gasteiger partial charge on any atom is 0.0794 e. The quantitative estimate of drug-likeness (QED) is 0.912. The molecule has 0 unspecified atom stereocenters. The van der Waals surface area contributed by atoms with Gasteiger partial charge in [0.2, 0.25) is 0 Å². The molecule has 1 aromatic heterocycles. The zero-order valence-electron chi connectivity index (χ0n) is 11.7. The van der Waals surface area contributed by atoms with Crippen LogP contribution in [-0.2, 0) is 11.2 Å². The van der Waals surface area contributed by atoms with E-state index in [4.69, 9.17) is 4.74 Å². The fourth-order valence-corrected chi connectivity index (χ4v) is 3.14. The van der Waals surface area contributed by atoms with Crippen LogP contribution in [0, 0.1) is 5.41 Å². The summed E-state index contributed by atoms with van der Waals surface area (Å²) >= 11 is 1.77. The van der Waals surface area contributed by atoms with Crippen LogP contribution in [0.1, 0.15) is 38.5 Å². The second-order valence-corrected chi connectivity index (χ2v) is 7.33. The smallest absolute Gasteiger partial charge is 0.0794 e. The molecule has 1 fully saturated rings. The number of aromatic nitrogens is 1. The third-order valence-corrected chi connectivity index (χ3v) is 4.36. The predicted molar refractivity (Wildman–Crippen MR) is 76.1 cm³/mol. The third kappa shape index (κ3) is 4.04. The van der Waals surface area contributed by atoms with Gasteiger partial charge in [0.1, 0.15) is 0 Å². The van der Waals surface area contributed by atoms with Crippen LogP contribution >= 0.6 is 11.3 Å². The molecule has 1 aliphatic rings. The number of ether oxygens (including phenoxy) is 1. The fourth-order valence-electron chi connectivity index (χ4n) is 2.37. The molecule has 102 valence electrons. The van der Waals surface area contributed by atoms with Crippen molar-refractivity contribution in [2.24, 2.45) is 5.41 Å². The van der Waals surface area contributed by atoms with Crippen LogP contribution in [0.4, 0.5) is 0 Å². The molecule has 0 amide bonds. The first-order valence-electron chi connectivity index (χ1n) is 6.69. The van der Waals surface area contributed by atoms with Gasteiger partial charge in [0.05, 0.1) is 5.51 Å². The molecule has 0 bridgehead atoms. The lowest BCUT2D eigenvalue weighted by atomic mass is 9.76. The Morgan fingerprint density at radius 1 is 1.39 bits per heavy atom. The van der Waals surface area contributed by atoms with E-state index < -0.39 is 0 Å². The largest absolute Gasteiger partial charge is 0.381 e. The van der Waals surface area contributed by atoms with E-state index in [0.717, 1.165) is 39.0 Å². The maximum absolute atomic E-state index is 5.54. The van der Waals surface area contributed by atoms with Crippen molar-refractivity contribution in [1.29, 1.82) is 0 Å². The highest BCUT2D eigenvalue weighted by atomic mass is 32.1. The van der Waals surface area contributed by atoms with E-state index in [1.54, 1.807) is 11.3 Å². The van der Waals surface area contributed by atoms with Crippen LogP contribution in [0.5, 0.6) is 0 Å². The van der Waals surface area contributed by atoms with Gasteiger partial charge in [-0.3, -0.25) is 4.98 Å². The molecule has 0 aromatic carbocycles. The van der Waals surface area contributed by atoms with Crippen LogP contribution < -0.4 is 5.32 Å². The van der Waals surface area contributed by atoms with E-state index in [2.05, 4.69) is 31.1 Å². The lowest BCUT2D eigenvalue weighted by Crippen LogP contribution is -2.47. The van der Waals surface area contributed by atoms with Crippen molar-refractivity contribution in [1.82, 2.24) is 10.3 Å². The van der Waals surface area contributed by atoms with Crippen molar-refractivity contribution in [3.05, 3.63) is 16.6 Å². The molecule has 0 saturated carbocycles. The van der Waals surface area contributed by atoms with Crippen molar-refractivity contribution in [2.45, 2.75) is 45.6 Å². The number of hydrogen-bond acceptors (Lipinski definition) is 4. The Morgan fingerprint density at radius 2 is 2.11 bits per heavy atom. The molecule has 4 heteroatoms. The molecule has 0 radical (unpaired) electrons. The Balaban J connectivity index is 2.02. The second-order valence-electron chi connectivity index (χ2n) is 6.36. The van der Waals surface area contributed by atoms with E-state index >= 15 is 0 Å². The average Bonchev–Trinajstić information content (AvgIpc) is 2.80. The Hall–Kier alpha value is -0.450. The van der Waals surface area contributed by atoms with Crippen LogP contribution in [0.2, 0.25) is 0 Å². The van der Waals surface area contributed by atoms with E-state index in [-0.39, 0.29) is 5.54 Å². The molecule has 18 heavy (non-hydrogen) atoms. The molecule has 2 rings (SSSR count). The summed E-state index contributed by atoms with van der Waals surface area (Å²) in [4.78, 5) is 5.59. The zero-order chi connectivity index (χ0) is 13.1. The van der Waals surface area contributed by atoms with Gasteiger partial charge in [-0.2, -0.15) is 0 Å². The SMILES string of the molecule is CC(C)(C)NCC1(Cc2cncs2)CCOCC1. The predicted octanol–water partition coefficient (Wildman–Crippen LogP) is 2.87. The Labute approximate surface area is 114 Å². The molecule has 1 aliphatic heterocycles. The Bertz CT molecular complexity index is 350. The summed E-state index contributed by atoms with van der Waals surface area (Å²) in [7, 11) is 0. The van der Waals surface area contributed by atoms with Gasteiger partial charge >= 0.3 is 0 Å². The Kier molecular flexibility index (Phi) is 4.41. The van der Waals surface area contributed by atoms with E-state index in [9.17, 15) is 0 Å². The van der Waals surface area contributed by atoms with Crippen molar-refractivity contribution in [3.63, 3.8) is 0 Å². The molecule has 0 atom stereocenters. The highest BCUT2D eigenvalue weighted by Gasteiger charge is 2.34. The van der Waals surface area contributed by atoms with E-state index in [1.165, 1.54) is 4.88 Å². The number of nitrogens with zero attached hydrogens (tertiary/aromatic N) is 1. The van der Waals surface area contributed by atoms with Gasteiger partial charge in [-0.25, -0.2) is 0 Å². The highest BCUT2D eigenvalue weighted by Crippen LogP contribution is 2.35. The van der Waals surface area contributed by atoms with Gasteiger partial charge in [0.15, 0.2) is 0 Å². The first kappa shape index (κ1) is 14.0. The lowest BCUT2D eigenvalue weighted by Gasteiger charge is -2.39. The molecular formula is C14H24N2OS. The second kappa shape index (κ2) is 5.68. The molecule has 0 aliphatic carbocycles. The number of thiazole rings is 1. The van der Waals surface area contributed by atoms with Gasteiger partial charge in [-0.05, 0) is 45.4 Å². The normalized spacial score (nSPS) is 19.9. The standard InChI is InChI=1S/C14H24N2OS/c1-13(2,3)16-10-14(4-6-17-7-5-14)8-12-9-15-11-18-12/h9,11,16H,4-8,10H2,1-3H3.